The van der Waals surface area contributed by atoms with Gasteiger partial charge in [0.15, 0.2) is 0 Å². The van der Waals surface area contributed by atoms with E-state index < -0.39 is 5.60 Å². The predicted molar refractivity (Wildman–Crippen MR) is 83.5 cm³/mol. The fourth-order valence-electron chi connectivity index (χ4n) is 2.95. The Morgan fingerprint density at radius 2 is 1.68 bits per heavy atom. The van der Waals surface area contributed by atoms with Gasteiger partial charge in [0, 0.05) is 31.2 Å². The maximum atomic E-state index is 11.7. The molecule has 1 aliphatic heterocycles. The van der Waals surface area contributed by atoms with Crippen molar-refractivity contribution in [2.24, 2.45) is 5.73 Å². The number of nitrogens with one attached hydrogen (secondary N) is 2. The number of carbonyl (C=O) groups is 2. The van der Waals surface area contributed by atoms with Crippen LogP contribution in [0.3, 0.4) is 0 Å². The third kappa shape index (κ3) is 5.05. The number of hydrogen-bond acceptors (Lipinski definition) is 4. The molecule has 0 aromatic carbocycles. The van der Waals surface area contributed by atoms with Crippen LogP contribution in [0.2, 0.25) is 0 Å². The Morgan fingerprint density at radius 1 is 1.09 bits per heavy atom. The molecule has 1 saturated heterocycles. The lowest BCUT2D eigenvalue weighted by Gasteiger charge is -2.41. The van der Waals surface area contributed by atoms with Crippen LogP contribution in [0, 0.1) is 0 Å². The molecule has 3 amide bonds. The van der Waals surface area contributed by atoms with Crippen molar-refractivity contribution in [3.05, 3.63) is 0 Å². The van der Waals surface area contributed by atoms with E-state index in [-0.39, 0.29) is 18.2 Å². The number of carbonyl (C=O) groups excluding carboxylic acids is 2. The van der Waals surface area contributed by atoms with E-state index in [9.17, 15) is 9.59 Å². The Labute approximate surface area is 131 Å². The zero-order valence-corrected chi connectivity index (χ0v) is 13.7. The molecule has 1 aliphatic carbocycles. The summed E-state index contributed by atoms with van der Waals surface area (Å²) in [5.41, 5.74) is 4.82. The summed E-state index contributed by atoms with van der Waals surface area (Å²) >= 11 is 0. The molecule has 0 aromatic heterocycles. The summed E-state index contributed by atoms with van der Waals surface area (Å²) < 4.78 is 5.24. The number of likely N-dealkylation sites (tertiary alicyclic amines) is 1. The summed E-state index contributed by atoms with van der Waals surface area (Å²) in [6, 6.07) is 0.731. The molecule has 126 valence electrons. The zero-order valence-electron chi connectivity index (χ0n) is 13.7. The van der Waals surface area contributed by atoms with Crippen molar-refractivity contribution < 1.29 is 14.3 Å². The molecule has 2 fully saturated rings. The van der Waals surface area contributed by atoms with E-state index in [2.05, 4.69) is 10.6 Å². The molecule has 22 heavy (non-hydrogen) atoms. The molecule has 0 bridgehead atoms. The number of primary amides is 1. The number of hydrogen-bond donors (Lipinski definition) is 3. The summed E-state index contributed by atoms with van der Waals surface area (Å²) in [5, 5.41) is 6.49. The van der Waals surface area contributed by atoms with Crippen LogP contribution in [-0.4, -0.2) is 53.8 Å². The van der Waals surface area contributed by atoms with Gasteiger partial charge < -0.3 is 26.0 Å². The molecule has 2 rings (SSSR count). The summed E-state index contributed by atoms with van der Waals surface area (Å²) in [6.07, 6.45) is 3.38. The molecule has 1 saturated carbocycles. The minimum atomic E-state index is -0.458. The highest BCUT2D eigenvalue weighted by Crippen LogP contribution is 2.23. The molecular weight excluding hydrogens is 284 g/mol. The number of nitrogens with zero attached hydrogens (tertiary/aromatic N) is 1. The zero-order chi connectivity index (χ0) is 16.3. The van der Waals surface area contributed by atoms with E-state index in [1.165, 1.54) is 0 Å². The van der Waals surface area contributed by atoms with Crippen molar-refractivity contribution in [3.63, 3.8) is 0 Å². The van der Waals surface area contributed by atoms with Crippen molar-refractivity contribution in [2.75, 3.05) is 13.1 Å². The van der Waals surface area contributed by atoms with E-state index in [0.29, 0.717) is 12.1 Å². The van der Waals surface area contributed by atoms with Gasteiger partial charge in [-0.3, -0.25) is 0 Å². The monoisotopic (exact) mass is 312 g/mol. The summed E-state index contributed by atoms with van der Waals surface area (Å²) in [5.74, 6) is 0. The third-order valence-electron chi connectivity index (χ3n) is 4.14. The summed E-state index contributed by atoms with van der Waals surface area (Å²) in [7, 11) is 0. The SMILES string of the molecule is CC(C)(C)OC(=O)NC1CC(NC2CCN(C(N)=O)CC2)C1. The quantitative estimate of drug-likeness (QED) is 0.729. The van der Waals surface area contributed by atoms with E-state index in [1.54, 1.807) is 4.90 Å². The molecule has 7 heteroatoms. The Bertz CT molecular complexity index is 408. The van der Waals surface area contributed by atoms with Gasteiger partial charge in [0.05, 0.1) is 0 Å². The van der Waals surface area contributed by atoms with Crippen LogP contribution in [-0.2, 0) is 4.74 Å². The van der Waals surface area contributed by atoms with Crippen molar-refractivity contribution in [1.29, 1.82) is 0 Å². The van der Waals surface area contributed by atoms with Crippen molar-refractivity contribution >= 4 is 12.1 Å². The highest BCUT2D eigenvalue weighted by atomic mass is 16.6. The van der Waals surface area contributed by atoms with Gasteiger partial charge in [-0.25, -0.2) is 9.59 Å². The van der Waals surface area contributed by atoms with E-state index in [0.717, 1.165) is 38.8 Å². The first-order valence-corrected chi connectivity index (χ1v) is 8.03. The van der Waals surface area contributed by atoms with Crippen LogP contribution in [0.4, 0.5) is 9.59 Å². The van der Waals surface area contributed by atoms with Gasteiger partial charge in [0.25, 0.3) is 0 Å². The second kappa shape index (κ2) is 6.73. The number of rotatable bonds is 3. The van der Waals surface area contributed by atoms with Gasteiger partial charge in [-0.05, 0) is 46.5 Å². The first-order chi connectivity index (χ1) is 10.2. The second-order valence-electron chi connectivity index (χ2n) is 7.28. The highest BCUT2D eigenvalue weighted by molar-refractivity contribution is 5.72. The van der Waals surface area contributed by atoms with Gasteiger partial charge >= 0.3 is 12.1 Å². The first kappa shape index (κ1) is 16.9. The van der Waals surface area contributed by atoms with Crippen LogP contribution in [0.1, 0.15) is 46.5 Å². The Balaban J connectivity index is 1.60. The molecule has 1 heterocycles. The molecule has 0 spiro atoms. The highest BCUT2D eigenvalue weighted by Gasteiger charge is 2.33. The maximum Gasteiger partial charge on any atom is 0.407 e. The van der Waals surface area contributed by atoms with Crippen LogP contribution >= 0.6 is 0 Å². The predicted octanol–water partition coefficient (Wildman–Crippen LogP) is 1.17. The largest absolute Gasteiger partial charge is 0.444 e. The van der Waals surface area contributed by atoms with Gasteiger partial charge in [-0.1, -0.05) is 0 Å². The molecule has 4 N–H and O–H groups in total. The summed E-state index contributed by atoms with van der Waals surface area (Å²) in [4.78, 5) is 24.4. The minimum Gasteiger partial charge on any atom is -0.444 e. The van der Waals surface area contributed by atoms with Gasteiger partial charge in [0.2, 0.25) is 0 Å². The Hall–Kier alpha value is -1.50. The number of piperidine rings is 1. The third-order valence-corrected chi connectivity index (χ3v) is 4.14. The number of ether oxygens (including phenoxy) is 1. The Kier molecular flexibility index (Phi) is 5.16. The number of nitrogens with two attached hydrogens (primary N) is 1. The summed E-state index contributed by atoms with van der Waals surface area (Å²) in [6.45, 7) is 7.01. The molecule has 2 aliphatic rings. The van der Waals surface area contributed by atoms with E-state index in [4.69, 9.17) is 10.5 Å². The number of urea groups is 1. The first-order valence-electron chi connectivity index (χ1n) is 8.03. The fourth-order valence-corrected chi connectivity index (χ4v) is 2.95. The average Bonchev–Trinajstić information content (AvgIpc) is 2.34. The van der Waals surface area contributed by atoms with Crippen LogP contribution in [0.15, 0.2) is 0 Å². The molecule has 0 aromatic rings. The molecule has 0 radical (unpaired) electrons. The second-order valence-corrected chi connectivity index (χ2v) is 7.28. The lowest BCUT2D eigenvalue weighted by Crippen LogP contribution is -2.57. The standard InChI is InChI=1S/C15H28N4O3/c1-15(2,3)22-14(21)18-12-8-11(9-12)17-10-4-6-19(7-5-10)13(16)20/h10-12,17H,4-9H2,1-3H3,(H2,16,20)(H,18,21). The molecular formula is C15H28N4O3. The minimum absolute atomic E-state index is 0.193. The smallest absolute Gasteiger partial charge is 0.407 e. The maximum absolute atomic E-state index is 11.7. The number of alkyl carbamates (subject to hydrolysis) is 1. The van der Waals surface area contributed by atoms with Crippen molar-refractivity contribution in [2.45, 2.75) is 70.2 Å². The van der Waals surface area contributed by atoms with E-state index >= 15 is 0 Å². The van der Waals surface area contributed by atoms with Crippen molar-refractivity contribution in [3.8, 4) is 0 Å². The van der Waals surface area contributed by atoms with Crippen molar-refractivity contribution in [1.82, 2.24) is 15.5 Å². The van der Waals surface area contributed by atoms with Crippen LogP contribution in [0.25, 0.3) is 0 Å². The topological polar surface area (TPSA) is 96.7 Å². The molecule has 0 unspecified atom stereocenters. The van der Waals surface area contributed by atoms with E-state index in [1.807, 2.05) is 20.8 Å². The molecule has 0 atom stereocenters. The lowest BCUT2D eigenvalue weighted by atomic mass is 9.85. The average molecular weight is 312 g/mol. The fraction of sp³-hybridized carbons (Fsp3) is 0.867. The van der Waals surface area contributed by atoms with Gasteiger partial charge in [0.1, 0.15) is 5.60 Å². The normalized spacial score (nSPS) is 26.2. The van der Waals surface area contributed by atoms with Crippen LogP contribution < -0.4 is 16.4 Å². The van der Waals surface area contributed by atoms with Gasteiger partial charge in [-0.2, -0.15) is 0 Å². The number of amides is 3. The molecule has 7 nitrogen and oxygen atoms in total. The van der Waals surface area contributed by atoms with Crippen LogP contribution in [0.5, 0.6) is 0 Å². The van der Waals surface area contributed by atoms with Gasteiger partial charge in [-0.15, -0.1) is 0 Å². The Morgan fingerprint density at radius 3 is 2.18 bits per heavy atom. The lowest BCUT2D eigenvalue weighted by molar-refractivity contribution is 0.0461.